The van der Waals surface area contributed by atoms with Gasteiger partial charge in [0, 0.05) is 1.37 Å². The predicted molar refractivity (Wildman–Crippen MR) is 50.7 cm³/mol. The second kappa shape index (κ2) is 3.96. The molecule has 5 heteroatoms. The smallest absolute Gasteiger partial charge is 0.323 e. The molecule has 0 aliphatic carbocycles. The molecule has 0 spiro atoms. The van der Waals surface area contributed by atoms with Gasteiger partial charge in [0.1, 0.15) is 11.1 Å². The predicted octanol–water partition coefficient (Wildman–Crippen LogP) is 0.520. The summed E-state index contributed by atoms with van der Waals surface area (Å²) in [5, 5.41) is 8.68. The molecule has 0 amide bonds. The Labute approximate surface area is 84.6 Å². The Morgan fingerprint density at radius 2 is 2.00 bits per heavy atom. The van der Waals surface area contributed by atoms with E-state index < -0.39 is 29.5 Å². The van der Waals surface area contributed by atoms with Crippen molar-refractivity contribution >= 4 is 11.9 Å². The highest BCUT2D eigenvalue weighted by molar-refractivity contribution is 5.85. The van der Waals surface area contributed by atoms with Crippen LogP contribution in [0, 0.1) is 0 Å². The van der Waals surface area contributed by atoms with E-state index in [2.05, 4.69) is 0 Å². The minimum Gasteiger partial charge on any atom is -0.480 e. The van der Waals surface area contributed by atoms with E-state index in [1.54, 1.807) is 13.8 Å². The van der Waals surface area contributed by atoms with Crippen LogP contribution in [0.3, 0.4) is 0 Å². The highest BCUT2D eigenvalue weighted by Gasteiger charge is 2.33. The van der Waals surface area contributed by atoms with Crippen LogP contribution in [-0.4, -0.2) is 28.2 Å². The maximum Gasteiger partial charge on any atom is 0.323 e. The van der Waals surface area contributed by atoms with Crippen molar-refractivity contribution in [3.63, 3.8) is 0 Å². The van der Waals surface area contributed by atoms with Crippen molar-refractivity contribution < 1.29 is 20.8 Å². The quantitative estimate of drug-likeness (QED) is 0.654. The summed E-state index contributed by atoms with van der Waals surface area (Å²) in [6.45, 7) is 4.30. The van der Waals surface area contributed by atoms with Crippen molar-refractivity contribution in [3.05, 3.63) is 0 Å². The molecule has 1 unspecified atom stereocenters. The first-order valence-electron chi connectivity index (χ1n) is 4.85. The standard InChI is InChI=1S/C9H17NO4/c1-8(2,3)14-6(11)5-9(4,10)7(12)13/h5,10H2,1-4H3,(H,12,13)/i1D. The van der Waals surface area contributed by atoms with E-state index in [-0.39, 0.29) is 6.90 Å². The molecule has 0 radical (unpaired) electrons. The molecule has 0 aliphatic rings. The highest BCUT2D eigenvalue weighted by atomic mass is 16.6. The van der Waals surface area contributed by atoms with Crippen LogP contribution in [0.15, 0.2) is 0 Å². The first-order valence-corrected chi connectivity index (χ1v) is 4.14. The molecule has 0 saturated heterocycles. The van der Waals surface area contributed by atoms with Gasteiger partial charge in [0.25, 0.3) is 0 Å². The van der Waals surface area contributed by atoms with Gasteiger partial charge in [-0.1, -0.05) is 0 Å². The molecule has 5 nitrogen and oxygen atoms in total. The lowest BCUT2D eigenvalue weighted by molar-refractivity contribution is -0.160. The van der Waals surface area contributed by atoms with Gasteiger partial charge in [-0.15, -0.1) is 0 Å². The number of carboxylic acids is 1. The highest BCUT2D eigenvalue weighted by Crippen LogP contribution is 2.13. The topological polar surface area (TPSA) is 89.6 Å². The molecule has 0 aliphatic heterocycles. The third-order valence-electron chi connectivity index (χ3n) is 1.39. The lowest BCUT2D eigenvalue weighted by Gasteiger charge is -2.23. The number of hydrogen-bond acceptors (Lipinski definition) is 4. The van der Waals surface area contributed by atoms with Crippen LogP contribution >= 0.6 is 0 Å². The third kappa shape index (κ3) is 4.81. The summed E-state index contributed by atoms with van der Waals surface area (Å²) in [5.41, 5.74) is 2.83. The van der Waals surface area contributed by atoms with Gasteiger partial charge in [0.15, 0.2) is 0 Å². The molecule has 0 aromatic heterocycles. The monoisotopic (exact) mass is 204 g/mol. The molecule has 0 rings (SSSR count). The van der Waals surface area contributed by atoms with Gasteiger partial charge < -0.3 is 15.6 Å². The van der Waals surface area contributed by atoms with Gasteiger partial charge in [-0.2, -0.15) is 0 Å². The lowest BCUT2D eigenvalue weighted by Crippen LogP contribution is -2.47. The summed E-state index contributed by atoms with van der Waals surface area (Å²) < 4.78 is 12.0. The summed E-state index contributed by atoms with van der Waals surface area (Å²) in [4.78, 5) is 21.9. The summed E-state index contributed by atoms with van der Waals surface area (Å²) >= 11 is 0. The Morgan fingerprint density at radius 3 is 2.36 bits per heavy atom. The molecule has 0 fully saturated rings. The zero-order chi connectivity index (χ0) is 12.3. The maximum absolute atomic E-state index is 11.3. The number of aliphatic carboxylic acids is 1. The number of rotatable bonds is 3. The molecule has 14 heavy (non-hydrogen) atoms. The van der Waals surface area contributed by atoms with Crippen molar-refractivity contribution in [3.8, 4) is 0 Å². The van der Waals surface area contributed by atoms with E-state index in [9.17, 15) is 9.59 Å². The van der Waals surface area contributed by atoms with Crippen LogP contribution in [0.4, 0.5) is 0 Å². The molecule has 0 bridgehead atoms. The van der Waals surface area contributed by atoms with E-state index in [1.165, 1.54) is 6.92 Å². The van der Waals surface area contributed by atoms with Gasteiger partial charge in [-0.3, -0.25) is 9.59 Å². The largest absolute Gasteiger partial charge is 0.480 e. The fourth-order valence-electron chi connectivity index (χ4n) is 0.720. The Kier molecular flexibility index (Phi) is 3.10. The van der Waals surface area contributed by atoms with E-state index in [1.807, 2.05) is 0 Å². The molecular weight excluding hydrogens is 186 g/mol. The third-order valence-corrected chi connectivity index (χ3v) is 1.39. The number of nitrogens with two attached hydrogens (primary N) is 1. The van der Waals surface area contributed by atoms with E-state index in [0.29, 0.717) is 0 Å². The van der Waals surface area contributed by atoms with Crippen LogP contribution in [0.1, 0.15) is 35.5 Å². The van der Waals surface area contributed by atoms with Crippen LogP contribution in [0.2, 0.25) is 0 Å². The lowest BCUT2D eigenvalue weighted by atomic mass is 10.00. The Morgan fingerprint density at radius 1 is 1.50 bits per heavy atom. The summed E-state index contributed by atoms with van der Waals surface area (Å²) in [6, 6.07) is 0. The van der Waals surface area contributed by atoms with Crippen molar-refractivity contribution in [2.24, 2.45) is 5.73 Å². The van der Waals surface area contributed by atoms with Gasteiger partial charge in [0.05, 0.1) is 6.42 Å². The maximum atomic E-state index is 11.3. The van der Waals surface area contributed by atoms with Crippen LogP contribution in [0.25, 0.3) is 0 Å². The Bertz CT molecular complexity index is 263. The Balaban J connectivity index is 4.34. The second-order valence-corrected chi connectivity index (χ2v) is 4.13. The average Bonchev–Trinajstić information content (AvgIpc) is 2.01. The van der Waals surface area contributed by atoms with Crippen molar-refractivity contribution in [2.45, 2.75) is 45.2 Å². The summed E-state index contributed by atoms with van der Waals surface area (Å²) in [6.07, 6.45) is -0.411. The van der Waals surface area contributed by atoms with E-state index >= 15 is 0 Å². The van der Waals surface area contributed by atoms with Crippen molar-refractivity contribution in [2.75, 3.05) is 0 Å². The van der Waals surface area contributed by atoms with Gasteiger partial charge in [0.2, 0.25) is 0 Å². The Hall–Kier alpha value is -1.10. The molecule has 0 heterocycles. The number of ether oxygens (including phenoxy) is 1. The van der Waals surface area contributed by atoms with Crippen LogP contribution in [0.5, 0.6) is 0 Å². The van der Waals surface area contributed by atoms with Crippen molar-refractivity contribution in [1.82, 2.24) is 0 Å². The molecule has 0 aromatic carbocycles. The minimum atomic E-state index is -1.63. The first-order chi connectivity index (χ1) is 6.60. The zero-order valence-corrected chi connectivity index (χ0v) is 8.66. The zero-order valence-electron chi connectivity index (χ0n) is 9.66. The van der Waals surface area contributed by atoms with E-state index in [4.69, 9.17) is 16.9 Å². The molecule has 0 aromatic rings. The number of carbonyl (C=O) groups excluding carboxylic acids is 1. The van der Waals surface area contributed by atoms with E-state index in [0.717, 1.165) is 0 Å². The fourth-order valence-corrected chi connectivity index (χ4v) is 0.720. The van der Waals surface area contributed by atoms with Gasteiger partial charge in [-0.05, 0) is 27.7 Å². The van der Waals surface area contributed by atoms with Gasteiger partial charge in [-0.25, -0.2) is 0 Å². The molecule has 1 atom stereocenters. The molecular formula is C9H17NO4. The second-order valence-electron chi connectivity index (χ2n) is 4.13. The number of carboxylic acid groups (broad SMARTS) is 1. The number of carbonyl (C=O) groups is 2. The van der Waals surface area contributed by atoms with Crippen LogP contribution in [-0.2, 0) is 14.3 Å². The fraction of sp³-hybridized carbons (Fsp3) is 0.778. The summed E-state index contributed by atoms with van der Waals surface area (Å²) in [5.74, 6) is -1.97. The molecule has 0 saturated carbocycles. The average molecular weight is 204 g/mol. The normalized spacial score (nSPS) is 16.7. The first kappa shape index (κ1) is 11.0. The minimum absolute atomic E-state index is 0.0902. The molecule has 3 N–H and O–H groups in total. The number of esters is 1. The number of hydrogen-bond donors (Lipinski definition) is 2. The SMILES string of the molecule is [2H]CC(C)(C)OC(=O)CC(C)(N)C(=O)O. The van der Waals surface area contributed by atoms with Crippen LogP contribution < -0.4 is 5.73 Å². The summed E-state index contributed by atoms with van der Waals surface area (Å²) in [7, 11) is 0. The van der Waals surface area contributed by atoms with Crippen molar-refractivity contribution in [1.29, 1.82) is 0 Å². The van der Waals surface area contributed by atoms with Gasteiger partial charge >= 0.3 is 11.9 Å². The molecule has 82 valence electrons.